The number of hydrogen-bond donors (Lipinski definition) is 0. The van der Waals surface area contributed by atoms with Crippen LogP contribution in [0.25, 0.3) is 0 Å². The molecule has 2 nitrogen and oxygen atoms in total. The quantitative estimate of drug-likeness (QED) is 0.594. The van der Waals surface area contributed by atoms with Gasteiger partial charge in [0.05, 0.1) is 0 Å². The molecule has 1 fully saturated rings. The molecule has 0 aliphatic carbocycles. The highest BCUT2D eigenvalue weighted by molar-refractivity contribution is 5.79. The molecule has 1 atom stereocenters. The van der Waals surface area contributed by atoms with Crippen molar-refractivity contribution in [2.24, 2.45) is 5.92 Å². The van der Waals surface area contributed by atoms with Gasteiger partial charge in [0.25, 0.3) is 0 Å². The number of carbonyl (C=O) groups excluding carboxylic acids is 1. The average Bonchev–Trinajstić information content (AvgIpc) is 2.05. The molecule has 0 aromatic rings. The molecule has 1 heterocycles. The molecule has 1 aliphatic rings. The Morgan fingerprint density at radius 3 is 2.82 bits per heavy atom. The lowest BCUT2D eigenvalue weighted by Crippen LogP contribution is -2.40. The normalized spacial score (nSPS) is 25.8. The number of nitrogens with zero attached hydrogens (tertiary/aromatic N) is 1. The Hall–Kier alpha value is -0.530. The van der Waals surface area contributed by atoms with Crippen molar-refractivity contribution in [3.05, 3.63) is 0 Å². The molecule has 0 spiro atoms. The van der Waals surface area contributed by atoms with Crippen LogP contribution in [0.15, 0.2) is 0 Å². The van der Waals surface area contributed by atoms with Crippen LogP contribution in [0.4, 0.5) is 0 Å². The molecule has 1 rings (SSSR count). The molecule has 0 unspecified atom stereocenters. The molecule has 11 heavy (non-hydrogen) atoms. The van der Waals surface area contributed by atoms with Crippen LogP contribution in [0.3, 0.4) is 0 Å². The summed E-state index contributed by atoms with van der Waals surface area (Å²) in [5, 5.41) is 0. The van der Waals surface area contributed by atoms with E-state index in [9.17, 15) is 4.79 Å². The minimum Gasteiger partial charge on any atom is -0.343 e. The molecular weight excluding hydrogens is 138 g/mol. The van der Waals surface area contributed by atoms with Gasteiger partial charge in [0.1, 0.15) is 0 Å². The first kappa shape index (κ1) is 8.57. The maximum absolute atomic E-state index is 11.5. The fraction of sp³-hybridized carbons (Fsp3) is 0.889. The van der Waals surface area contributed by atoms with Crippen LogP contribution in [-0.2, 0) is 4.79 Å². The lowest BCUT2D eigenvalue weighted by atomic mass is 9.95. The lowest BCUT2D eigenvalue weighted by molar-refractivity contribution is -0.138. The van der Waals surface area contributed by atoms with Gasteiger partial charge in [-0.2, -0.15) is 0 Å². The monoisotopic (exact) mass is 155 g/mol. The Kier molecular flexibility index (Phi) is 2.92. The lowest BCUT2D eigenvalue weighted by Gasteiger charge is -2.30. The van der Waals surface area contributed by atoms with Crippen LogP contribution < -0.4 is 0 Å². The number of carbonyl (C=O) groups is 1. The predicted molar refractivity (Wildman–Crippen MR) is 45.3 cm³/mol. The van der Waals surface area contributed by atoms with E-state index < -0.39 is 0 Å². The van der Waals surface area contributed by atoms with E-state index in [2.05, 4.69) is 13.8 Å². The van der Waals surface area contributed by atoms with E-state index in [0.717, 1.165) is 25.9 Å². The SMILES string of the molecule is CC[C@@H]1CCCN(CC)C1=O. The molecule has 1 amide bonds. The van der Waals surface area contributed by atoms with Gasteiger partial charge in [-0.15, -0.1) is 0 Å². The summed E-state index contributed by atoms with van der Waals surface area (Å²) < 4.78 is 0. The largest absolute Gasteiger partial charge is 0.343 e. The Morgan fingerprint density at radius 1 is 1.55 bits per heavy atom. The minimum atomic E-state index is 0.323. The molecule has 64 valence electrons. The minimum absolute atomic E-state index is 0.323. The van der Waals surface area contributed by atoms with Crippen LogP contribution in [0, 0.1) is 5.92 Å². The van der Waals surface area contributed by atoms with E-state index in [4.69, 9.17) is 0 Å². The number of hydrogen-bond acceptors (Lipinski definition) is 1. The molecule has 0 saturated carbocycles. The van der Waals surface area contributed by atoms with Crippen LogP contribution >= 0.6 is 0 Å². The molecule has 1 aliphatic heterocycles. The second-order valence-corrected chi connectivity index (χ2v) is 3.17. The second kappa shape index (κ2) is 3.74. The van der Waals surface area contributed by atoms with Gasteiger partial charge in [0.15, 0.2) is 0 Å². The zero-order chi connectivity index (χ0) is 8.27. The Balaban J connectivity index is 2.52. The van der Waals surface area contributed by atoms with Gasteiger partial charge in [0.2, 0.25) is 5.91 Å². The Labute approximate surface area is 68.6 Å². The van der Waals surface area contributed by atoms with Crippen molar-refractivity contribution in [2.75, 3.05) is 13.1 Å². The topological polar surface area (TPSA) is 20.3 Å². The first-order chi connectivity index (χ1) is 5.29. The van der Waals surface area contributed by atoms with Gasteiger partial charge in [-0.05, 0) is 26.2 Å². The Bertz CT molecular complexity index is 130. The molecule has 0 N–H and O–H groups in total. The third-order valence-electron chi connectivity index (χ3n) is 2.52. The first-order valence-electron chi connectivity index (χ1n) is 4.58. The number of likely N-dealkylation sites (tertiary alicyclic amines) is 1. The summed E-state index contributed by atoms with van der Waals surface area (Å²) in [5.41, 5.74) is 0. The predicted octanol–water partition coefficient (Wildman–Crippen LogP) is 1.65. The molecule has 0 aromatic carbocycles. The van der Waals surface area contributed by atoms with Crippen LogP contribution in [0.2, 0.25) is 0 Å². The van der Waals surface area contributed by atoms with Gasteiger partial charge in [-0.1, -0.05) is 6.92 Å². The molecule has 0 bridgehead atoms. The van der Waals surface area contributed by atoms with Crippen LogP contribution in [0.5, 0.6) is 0 Å². The highest BCUT2D eigenvalue weighted by Crippen LogP contribution is 2.19. The van der Waals surface area contributed by atoms with Gasteiger partial charge in [-0.25, -0.2) is 0 Å². The molecule has 0 aromatic heterocycles. The standard InChI is InChI=1S/C9H17NO/c1-3-8-6-5-7-10(4-2)9(8)11/h8H,3-7H2,1-2H3/t8-/m1/s1. The summed E-state index contributed by atoms with van der Waals surface area (Å²) in [4.78, 5) is 13.5. The third-order valence-corrected chi connectivity index (χ3v) is 2.52. The highest BCUT2D eigenvalue weighted by atomic mass is 16.2. The average molecular weight is 155 g/mol. The third kappa shape index (κ3) is 1.73. The summed E-state index contributed by atoms with van der Waals surface area (Å²) in [6, 6.07) is 0. The van der Waals surface area contributed by atoms with Crippen molar-refractivity contribution in [3.63, 3.8) is 0 Å². The van der Waals surface area contributed by atoms with E-state index in [0.29, 0.717) is 11.8 Å². The number of amides is 1. The van der Waals surface area contributed by atoms with E-state index in [1.54, 1.807) is 0 Å². The van der Waals surface area contributed by atoms with Crippen molar-refractivity contribution in [1.82, 2.24) is 4.90 Å². The maximum atomic E-state index is 11.5. The molecule has 1 saturated heterocycles. The van der Waals surface area contributed by atoms with Crippen molar-refractivity contribution >= 4 is 5.91 Å². The highest BCUT2D eigenvalue weighted by Gasteiger charge is 2.25. The van der Waals surface area contributed by atoms with Crippen LogP contribution in [-0.4, -0.2) is 23.9 Å². The smallest absolute Gasteiger partial charge is 0.225 e. The van der Waals surface area contributed by atoms with Gasteiger partial charge >= 0.3 is 0 Å². The molecule has 2 heteroatoms. The summed E-state index contributed by atoms with van der Waals surface area (Å²) in [7, 11) is 0. The fourth-order valence-electron chi connectivity index (χ4n) is 1.71. The van der Waals surface area contributed by atoms with E-state index in [-0.39, 0.29) is 0 Å². The van der Waals surface area contributed by atoms with E-state index in [1.807, 2.05) is 4.90 Å². The Morgan fingerprint density at radius 2 is 2.27 bits per heavy atom. The summed E-state index contributed by atoms with van der Waals surface area (Å²) in [5.74, 6) is 0.699. The summed E-state index contributed by atoms with van der Waals surface area (Å²) in [6.07, 6.45) is 3.30. The van der Waals surface area contributed by atoms with Gasteiger partial charge in [-0.3, -0.25) is 4.79 Å². The van der Waals surface area contributed by atoms with E-state index in [1.165, 1.54) is 6.42 Å². The summed E-state index contributed by atoms with van der Waals surface area (Å²) >= 11 is 0. The molecule has 0 radical (unpaired) electrons. The van der Waals surface area contributed by atoms with Gasteiger partial charge < -0.3 is 4.90 Å². The number of piperidine rings is 1. The van der Waals surface area contributed by atoms with Crippen molar-refractivity contribution in [1.29, 1.82) is 0 Å². The first-order valence-corrected chi connectivity index (χ1v) is 4.58. The van der Waals surface area contributed by atoms with E-state index >= 15 is 0 Å². The zero-order valence-electron chi connectivity index (χ0n) is 7.47. The second-order valence-electron chi connectivity index (χ2n) is 3.17. The maximum Gasteiger partial charge on any atom is 0.225 e. The fourth-order valence-corrected chi connectivity index (χ4v) is 1.71. The molecular formula is C9H17NO. The summed E-state index contributed by atoms with van der Waals surface area (Å²) in [6.45, 7) is 6.01. The zero-order valence-corrected chi connectivity index (χ0v) is 7.47. The van der Waals surface area contributed by atoms with Crippen LogP contribution in [0.1, 0.15) is 33.1 Å². The van der Waals surface area contributed by atoms with Gasteiger partial charge in [0, 0.05) is 19.0 Å². The van der Waals surface area contributed by atoms with Crippen molar-refractivity contribution in [2.45, 2.75) is 33.1 Å². The van der Waals surface area contributed by atoms with Crippen molar-refractivity contribution in [3.8, 4) is 0 Å². The van der Waals surface area contributed by atoms with Crippen molar-refractivity contribution < 1.29 is 4.79 Å². The number of rotatable bonds is 2.